The molecule has 0 amide bonds. The fraction of sp³-hybridized carbons (Fsp3) is 0.179. The number of benzene rings is 2. The smallest absolute Gasteiger partial charge is 0.338 e. The number of hydrogen-bond acceptors (Lipinski definition) is 11. The van der Waals surface area contributed by atoms with Crippen molar-refractivity contribution in [3.63, 3.8) is 0 Å². The van der Waals surface area contributed by atoms with Crippen LogP contribution < -0.4 is 19.6 Å². The van der Waals surface area contributed by atoms with E-state index in [1.54, 1.807) is 74.8 Å². The van der Waals surface area contributed by atoms with Gasteiger partial charge in [0.25, 0.3) is 11.2 Å². The molecule has 3 heterocycles. The van der Waals surface area contributed by atoms with Crippen LogP contribution in [-0.4, -0.2) is 39.1 Å². The number of aromatic nitrogens is 3. The van der Waals surface area contributed by atoms with Crippen molar-refractivity contribution in [3.05, 3.63) is 113 Å². The average Bonchev–Trinajstić information content (AvgIpc) is 3.27. The number of hydrogen-bond donors (Lipinski definition) is 0. The van der Waals surface area contributed by atoms with Crippen LogP contribution in [0.4, 0.5) is 5.69 Å². The number of esters is 1. The second-order valence-electron chi connectivity index (χ2n) is 8.70. The fourth-order valence-corrected chi connectivity index (χ4v) is 6.20. The maximum absolute atomic E-state index is 13.8. The Kier molecular flexibility index (Phi) is 8.08. The minimum atomic E-state index is -0.804. The van der Waals surface area contributed by atoms with Crippen LogP contribution in [0.1, 0.15) is 31.0 Å². The zero-order chi connectivity index (χ0) is 29.1. The SMILES string of the molecule is CCOC(=O)C1=C(C)N=c2s/c(=C/c3ccc(Sc4ncccn4)c([N+](=O)[O-])c3)c(=O)n2[C@@H]1c1cccc(OC)c1. The highest BCUT2D eigenvalue weighted by molar-refractivity contribution is 7.99. The molecule has 11 nitrogen and oxygen atoms in total. The first kappa shape index (κ1) is 27.9. The summed E-state index contributed by atoms with van der Waals surface area (Å²) >= 11 is 2.21. The van der Waals surface area contributed by atoms with Crippen molar-refractivity contribution < 1.29 is 19.2 Å². The summed E-state index contributed by atoms with van der Waals surface area (Å²) in [6, 6.07) is 12.7. The van der Waals surface area contributed by atoms with E-state index in [0.717, 1.165) is 23.1 Å². The van der Waals surface area contributed by atoms with E-state index in [4.69, 9.17) is 9.47 Å². The first-order chi connectivity index (χ1) is 19.8. The Labute approximate surface area is 241 Å². The lowest BCUT2D eigenvalue weighted by Crippen LogP contribution is -2.39. The molecule has 1 aliphatic rings. The van der Waals surface area contributed by atoms with Crippen LogP contribution in [-0.2, 0) is 9.53 Å². The number of nitro benzene ring substituents is 1. The number of nitro groups is 1. The number of rotatable bonds is 8. The molecule has 4 aromatic rings. The lowest BCUT2D eigenvalue weighted by Gasteiger charge is -2.25. The third kappa shape index (κ3) is 5.67. The third-order valence-corrected chi connectivity index (χ3v) is 8.09. The van der Waals surface area contributed by atoms with Crippen LogP contribution in [0.15, 0.2) is 92.0 Å². The van der Waals surface area contributed by atoms with Crippen molar-refractivity contribution in [3.8, 4) is 5.75 Å². The molecule has 0 bridgehead atoms. The Morgan fingerprint density at radius 2 is 1.98 bits per heavy atom. The van der Waals surface area contributed by atoms with E-state index in [1.807, 2.05) is 0 Å². The Morgan fingerprint density at radius 1 is 1.20 bits per heavy atom. The quantitative estimate of drug-likeness (QED) is 0.130. The predicted octanol–water partition coefficient (Wildman–Crippen LogP) is 3.66. The highest BCUT2D eigenvalue weighted by atomic mass is 32.2. The van der Waals surface area contributed by atoms with Gasteiger partial charge in [-0.1, -0.05) is 29.5 Å². The van der Waals surface area contributed by atoms with Crippen LogP contribution in [0, 0.1) is 10.1 Å². The van der Waals surface area contributed by atoms with Gasteiger partial charge in [0.05, 0.1) is 45.4 Å². The summed E-state index contributed by atoms with van der Waals surface area (Å²) in [5, 5.41) is 12.3. The van der Waals surface area contributed by atoms with Crippen LogP contribution in [0.25, 0.3) is 6.08 Å². The van der Waals surface area contributed by atoms with E-state index in [9.17, 15) is 19.7 Å². The molecule has 0 aliphatic carbocycles. The third-order valence-electron chi connectivity index (χ3n) is 6.15. The Morgan fingerprint density at radius 3 is 2.68 bits per heavy atom. The molecular weight excluding hydrogens is 566 g/mol. The first-order valence-corrected chi connectivity index (χ1v) is 14.0. The molecule has 41 heavy (non-hydrogen) atoms. The molecule has 13 heteroatoms. The van der Waals surface area contributed by atoms with Gasteiger partial charge in [0, 0.05) is 18.5 Å². The van der Waals surface area contributed by atoms with Crippen LogP contribution in [0.5, 0.6) is 5.75 Å². The number of carbonyl (C=O) groups excluding carboxylic acids is 1. The van der Waals surface area contributed by atoms with E-state index in [2.05, 4.69) is 15.0 Å². The number of methoxy groups -OCH3 is 1. The summed E-state index contributed by atoms with van der Waals surface area (Å²) in [5.74, 6) is -0.00406. The molecule has 2 aromatic carbocycles. The molecule has 0 saturated heterocycles. The molecule has 0 unspecified atom stereocenters. The zero-order valence-corrected chi connectivity index (χ0v) is 23.8. The van der Waals surface area contributed by atoms with E-state index >= 15 is 0 Å². The zero-order valence-electron chi connectivity index (χ0n) is 22.1. The van der Waals surface area contributed by atoms with Gasteiger partial charge >= 0.3 is 5.97 Å². The summed E-state index contributed by atoms with van der Waals surface area (Å²) in [6.45, 7) is 3.57. The number of thiazole rings is 1. The number of carbonyl (C=O) groups is 1. The van der Waals surface area contributed by atoms with Gasteiger partial charge in [-0.2, -0.15) is 0 Å². The molecular formula is C28H23N5O6S2. The van der Waals surface area contributed by atoms with Gasteiger partial charge < -0.3 is 9.47 Å². The summed E-state index contributed by atoms with van der Waals surface area (Å²) < 4.78 is 12.5. The van der Waals surface area contributed by atoms with Crippen molar-refractivity contribution in [2.24, 2.45) is 4.99 Å². The summed E-state index contributed by atoms with van der Waals surface area (Å²) in [7, 11) is 1.54. The van der Waals surface area contributed by atoms with Crippen LogP contribution in [0.2, 0.25) is 0 Å². The lowest BCUT2D eigenvalue weighted by molar-refractivity contribution is -0.387. The van der Waals surface area contributed by atoms with Crippen molar-refractivity contribution >= 4 is 40.8 Å². The summed E-state index contributed by atoms with van der Waals surface area (Å²) in [6.07, 6.45) is 4.70. The molecule has 1 atom stereocenters. The van der Waals surface area contributed by atoms with Gasteiger partial charge in [-0.25, -0.2) is 19.8 Å². The maximum atomic E-state index is 13.8. The van der Waals surface area contributed by atoms with Gasteiger partial charge in [-0.3, -0.25) is 19.5 Å². The maximum Gasteiger partial charge on any atom is 0.338 e. The number of ether oxygens (including phenoxy) is 2. The Hall–Kier alpha value is -4.62. The molecule has 0 fully saturated rings. The normalized spacial score (nSPS) is 14.8. The van der Waals surface area contributed by atoms with E-state index in [1.165, 1.54) is 17.7 Å². The molecule has 0 spiro atoms. The minimum absolute atomic E-state index is 0.140. The Balaban J connectivity index is 1.63. The second-order valence-corrected chi connectivity index (χ2v) is 10.7. The topological polar surface area (TPSA) is 139 Å². The average molecular weight is 590 g/mol. The molecule has 5 rings (SSSR count). The largest absolute Gasteiger partial charge is 0.497 e. The van der Waals surface area contributed by atoms with E-state index in [-0.39, 0.29) is 17.9 Å². The number of nitrogens with zero attached hydrogens (tertiary/aromatic N) is 5. The van der Waals surface area contributed by atoms with E-state index in [0.29, 0.717) is 42.0 Å². The molecule has 2 aromatic heterocycles. The monoisotopic (exact) mass is 589 g/mol. The molecule has 0 N–H and O–H groups in total. The first-order valence-electron chi connectivity index (χ1n) is 12.4. The van der Waals surface area contributed by atoms with Crippen molar-refractivity contribution in [2.45, 2.75) is 29.9 Å². The molecule has 0 radical (unpaired) electrons. The Bertz CT molecular complexity index is 1870. The number of fused-ring (bicyclic) bond motifs is 1. The van der Waals surface area contributed by atoms with Crippen LogP contribution >= 0.6 is 23.1 Å². The molecule has 1 aliphatic heterocycles. The van der Waals surface area contributed by atoms with Gasteiger partial charge in [0.15, 0.2) is 9.96 Å². The number of allylic oxidation sites excluding steroid dienone is 1. The minimum Gasteiger partial charge on any atom is -0.497 e. The fourth-order valence-electron chi connectivity index (χ4n) is 4.36. The van der Waals surface area contributed by atoms with Gasteiger partial charge in [0.2, 0.25) is 0 Å². The standard InChI is InChI=1S/C28H23N5O6S2/c1-4-39-26(35)23-16(2)31-28-32(24(23)18-7-5-8-19(15-18)38-3)25(34)22(41-28)14-17-9-10-21(20(13-17)33(36)37)40-27-29-11-6-12-30-27/h5-15,24H,4H2,1-3H3/b22-14+/t24-/m1/s1. The van der Waals surface area contributed by atoms with E-state index < -0.39 is 22.5 Å². The predicted molar refractivity (Wildman–Crippen MR) is 153 cm³/mol. The van der Waals surface area contributed by atoms with Crippen molar-refractivity contribution in [1.82, 2.24) is 14.5 Å². The van der Waals surface area contributed by atoms with Crippen LogP contribution in [0.3, 0.4) is 0 Å². The van der Waals surface area contributed by atoms with Crippen molar-refractivity contribution in [2.75, 3.05) is 13.7 Å². The van der Waals surface area contributed by atoms with Gasteiger partial charge in [0.1, 0.15) is 5.75 Å². The highest BCUT2D eigenvalue weighted by Gasteiger charge is 2.33. The molecule has 208 valence electrons. The van der Waals surface area contributed by atoms with Crippen molar-refractivity contribution in [1.29, 1.82) is 0 Å². The summed E-state index contributed by atoms with van der Waals surface area (Å²) in [4.78, 5) is 51.9. The summed E-state index contributed by atoms with van der Waals surface area (Å²) in [5.41, 5.74) is 1.26. The second kappa shape index (κ2) is 11.9. The van der Waals surface area contributed by atoms with Gasteiger partial charge in [-0.15, -0.1) is 0 Å². The van der Waals surface area contributed by atoms with Gasteiger partial charge in [-0.05, 0) is 67.1 Å². The lowest BCUT2D eigenvalue weighted by atomic mass is 9.95. The molecule has 0 saturated carbocycles. The highest BCUT2D eigenvalue weighted by Crippen LogP contribution is 2.34.